The van der Waals surface area contributed by atoms with Crippen LogP contribution < -0.4 is 0 Å². The van der Waals surface area contributed by atoms with Gasteiger partial charge in [-0.1, -0.05) is 273 Å². The lowest BCUT2D eigenvalue weighted by Gasteiger charge is -2.48. The van der Waals surface area contributed by atoms with Gasteiger partial charge in [-0.3, -0.25) is 0 Å². The fraction of sp³-hybridized carbons (Fsp3) is 0.386. The zero-order chi connectivity index (χ0) is 74.8. The second-order valence-corrected chi connectivity index (χ2v) is 27.4. The van der Waals surface area contributed by atoms with E-state index in [1.54, 1.807) is 7.11 Å². The number of hydrogen-bond acceptors (Lipinski definition) is 21. The Morgan fingerprint density at radius 3 is 0.633 bits per heavy atom. The third kappa shape index (κ3) is 22.3. The summed E-state index contributed by atoms with van der Waals surface area (Å²) in [5.41, 5.74) is 7.73. The highest BCUT2D eigenvalue weighted by molar-refractivity contribution is 5.21. The van der Waals surface area contributed by atoms with Gasteiger partial charge in [0.1, 0.15) is 97.7 Å². The molecule has 9 aromatic rings. The molecule has 0 aromatic heterocycles. The molecule has 0 radical (unpaired) electrons. The van der Waals surface area contributed by atoms with Crippen molar-refractivity contribution in [2.24, 2.45) is 0 Å². The summed E-state index contributed by atoms with van der Waals surface area (Å²) in [6.45, 7) is -0.480. The van der Waals surface area contributed by atoms with E-state index in [1.165, 1.54) is 0 Å². The molecule has 4 fully saturated rings. The molecule has 9 aromatic carbocycles. The normalized spacial score (nSPS) is 28.5. The van der Waals surface area contributed by atoms with Crippen LogP contribution in [0, 0.1) is 0 Å². The average Bonchev–Trinajstić information content (AvgIpc) is 0.786. The molecule has 109 heavy (non-hydrogen) atoms. The summed E-state index contributed by atoms with van der Waals surface area (Å²) in [6.07, 6.45) is -23.3. The maximum absolute atomic E-state index is 13.0. The summed E-state index contributed by atoms with van der Waals surface area (Å²) < 4.78 is 115. The zero-order valence-electron chi connectivity index (χ0n) is 60.9. The van der Waals surface area contributed by atoms with Crippen LogP contribution >= 0.6 is 0 Å². The van der Waals surface area contributed by atoms with Crippen LogP contribution in [0.1, 0.15) is 50.1 Å². The largest absolute Gasteiger partial charge is 0.394 e. The smallest absolute Gasteiger partial charge is 0.186 e. The first kappa shape index (κ1) is 79.2. The van der Waals surface area contributed by atoms with Crippen LogP contribution in [0.4, 0.5) is 0 Å². The van der Waals surface area contributed by atoms with Gasteiger partial charge in [-0.05, 0) is 50.1 Å². The molecule has 4 aliphatic heterocycles. The summed E-state index contributed by atoms with van der Waals surface area (Å²) in [5, 5.41) is 49.5. The molecular formula is C88H98O21. The highest BCUT2D eigenvalue weighted by Gasteiger charge is 2.54. The Balaban J connectivity index is 0.810. The van der Waals surface area contributed by atoms with Crippen LogP contribution in [0.15, 0.2) is 273 Å². The molecule has 0 saturated carbocycles. The molecule has 576 valence electrons. The predicted molar refractivity (Wildman–Crippen MR) is 400 cm³/mol. The molecule has 0 spiro atoms. The first-order chi connectivity index (χ1) is 53.7. The summed E-state index contributed by atoms with van der Waals surface area (Å²) >= 11 is 0. The average molecular weight is 1490 g/mol. The van der Waals surface area contributed by atoms with Crippen molar-refractivity contribution in [2.75, 3.05) is 33.5 Å². The molecule has 4 N–H and O–H groups in total. The van der Waals surface area contributed by atoms with E-state index in [2.05, 4.69) is 0 Å². The van der Waals surface area contributed by atoms with E-state index in [4.69, 9.17) is 80.5 Å². The molecule has 4 saturated heterocycles. The molecule has 0 aliphatic carbocycles. The van der Waals surface area contributed by atoms with Crippen LogP contribution in [-0.4, -0.2) is 177 Å². The molecule has 0 amide bonds. The van der Waals surface area contributed by atoms with Crippen LogP contribution in [0.25, 0.3) is 0 Å². The SMILES string of the molecule is CO[C@H]1O[C@H](CO[C@@H]2O[C@@H](CO[C@@H]3O[C@@H](CO[C@@H]4O[C@@H](CO)[C@H](OCc5ccccc5)[C@@H](OCc5ccccc5)[C@@H]4O)[C@H](OCc4ccccc4)[C@@H](OCc4ccccc4)[C@@H]3O)[C@H](OCc3ccccc3)[C@@H](OCc3ccccc3)[C@@H]2O)[C@@H](OCc2ccccc2)[C@H](OCc2ccccc2)[C@H]1OCc1ccccc1. The van der Waals surface area contributed by atoms with Gasteiger partial charge in [-0.25, -0.2) is 0 Å². The zero-order valence-corrected chi connectivity index (χ0v) is 60.9. The molecule has 20 atom stereocenters. The molecule has 21 nitrogen and oxygen atoms in total. The third-order valence-corrected chi connectivity index (χ3v) is 19.7. The van der Waals surface area contributed by atoms with Gasteiger partial charge in [-0.15, -0.1) is 0 Å². The third-order valence-electron chi connectivity index (χ3n) is 19.7. The van der Waals surface area contributed by atoms with E-state index in [9.17, 15) is 20.4 Å². The minimum Gasteiger partial charge on any atom is -0.394 e. The number of rotatable bonds is 38. The maximum Gasteiger partial charge on any atom is 0.186 e. The predicted octanol–water partition coefficient (Wildman–Crippen LogP) is 10.9. The van der Waals surface area contributed by atoms with E-state index in [0.29, 0.717) is 0 Å². The molecule has 21 heteroatoms. The van der Waals surface area contributed by atoms with Gasteiger partial charge in [0.05, 0.1) is 85.9 Å². The lowest BCUT2D eigenvalue weighted by Crippen LogP contribution is -2.64. The lowest BCUT2D eigenvalue weighted by molar-refractivity contribution is -0.360. The van der Waals surface area contributed by atoms with Crippen molar-refractivity contribution in [1.82, 2.24) is 0 Å². The van der Waals surface area contributed by atoms with E-state index in [-0.39, 0.29) is 79.3 Å². The number of aliphatic hydroxyl groups excluding tert-OH is 4. The van der Waals surface area contributed by atoms with E-state index >= 15 is 0 Å². The van der Waals surface area contributed by atoms with Gasteiger partial charge in [0.15, 0.2) is 25.2 Å². The fourth-order valence-electron chi connectivity index (χ4n) is 13.9. The second-order valence-electron chi connectivity index (χ2n) is 27.4. The highest BCUT2D eigenvalue weighted by Crippen LogP contribution is 2.37. The monoisotopic (exact) mass is 1490 g/mol. The maximum atomic E-state index is 13.0. The quantitative estimate of drug-likeness (QED) is 0.0281. The van der Waals surface area contributed by atoms with E-state index < -0.39 is 129 Å². The topological polar surface area (TPSA) is 238 Å². The van der Waals surface area contributed by atoms with Crippen molar-refractivity contribution in [3.63, 3.8) is 0 Å². The Kier molecular flexibility index (Phi) is 30.1. The Hall–Kier alpha value is -7.86. The van der Waals surface area contributed by atoms with Gasteiger partial charge < -0.3 is 101 Å². The van der Waals surface area contributed by atoms with Crippen molar-refractivity contribution in [1.29, 1.82) is 0 Å². The summed E-state index contributed by atoms with van der Waals surface area (Å²) in [6, 6.07) is 86.7. The minimum absolute atomic E-state index is 0.0369. The Labute approximate surface area is 636 Å². The van der Waals surface area contributed by atoms with Crippen LogP contribution in [0.2, 0.25) is 0 Å². The summed E-state index contributed by atoms with van der Waals surface area (Å²) in [4.78, 5) is 0. The fourth-order valence-corrected chi connectivity index (χ4v) is 13.9. The van der Waals surface area contributed by atoms with Crippen LogP contribution in [0.3, 0.4) is 0 Å². The standard InChI is InChI=1S/C88H98O21/c1-93-88-84(102-56-68-45-27-10-28-46-68)83(101-55-67-43-25-9-26-44-67)79(97-51-63-35-17-5-18-36-63)72(109-88)59-105-87-75(92)82(100-54-66-41-23-8-24-42-66)78(96-50-62-33-15-4-16-34-62)71(108-87)58-104-86-74(91)81(99-53-65-39-21-7-22-40-65)77(95-49-61-31-13-3-14-32-61)70(107-86)57-103-85-73(90)80(98-52-64-37-19-6-20-38-64)76(69(47-89)106-85)94-48-60-29-11-2-12-30-60/h2-46,69-92H,47-59H2,1H3/t69-,70-,71-,72+,73-,74-,75-,76-,77-,78-,79+,80-,81-,82-,83-,84+,85+,86+,87+,88-/m0/s1. The molecule has 0 unspecified atom stereocenters. The van der Waals surface area contributed by atoms with Gasteiger partial charge in [0.25, 0.3) is 0 Å². The Bertz CT molecular complexity index is 3970. The van der Waals surface area contributed by atoms with Crippen molar-refractivity contribution >= 4 is 0 Å². The highest BCUT2D eigenvalue weighted by atomic mass is 16.8. The van der Waals surface area contributed by atoms with Crippen LogP contribution in [-0.2, 0) is 140 Å². The first-order valence-corrected chi connectivity index (χ1v) is 37.3. The molecule has 4 aliphatic rings. The van der Waals surface area contributed by atoms with Gasteiger partial charge in [0, 0.05) is 7.11 Å². The number of benzene rings is 9. The Morgan fingerprint density at radius 1 is 0.220 bits per heavy atom. The lowest BCUT2D eigenvalue weighted by atomic mass is 9.96. The molecular weight excluding hydrogens is 1390 g/mol. The second kappa shape index (κ2) is 41.4. The van der Waals surface area contributed by atoms with E-state index in [0.717, 1.165) is 50.1 Å². The van der Waals surface area contributed by atoms with Gasteiger partial charge >= 0.3 is 0 Å². The van der Waals surface area contributed by atoms with Crippen LogP contribution in [0.5, 0.6) is 0 Å². The van der Waals surface area contributed by atoms with Gasteiger partial charge in [-0.2, -0.15) is 0 Å². The van der Waals surface area contributed by atoms with Gasteiger partial charge in [0.2, 0.25) is 0 Å². The number of ether oxygens (including phenoxy) is 17. The molecule has 13 rings (SSSR count). The van der Waals surface area contributed by atoms with E-state index in [1.807, 2.05) is 273 Å². The van der Waals surface area contributed by atoms with Crippen molar-refractivity contribution in [3.8, 4) is 0 Å². The molecule has 4 heterocycles. The summed E-state index contributed by atoms with van der Waals surface area (Å²) in [7, 11) is 1.54. The number of methoxy groups -OCH3 is 1. The Morgan fingerprint density at radius 2 is 0.404 bits per heavy atom. The van der Waals surface area contributed by atoms with Crippen molar-refractivity contribution in [2.45, 2.75) is 182 Å². The summed E-state index contributed by atoms with van der Waals surface area (Å²) in [5.74, 6) is 0. The molecule has 0 bridgehead atoms. The number of hydrogen-bond donors (Lipinski definition) is 4. The number of aliphatic hydroxyl groups is 4. The first-order valence-electron chi connectivity index (χ1n) is 37.3. The minimum atomic E-state index is -1.56. The van der Waals surface area contributed by atoms with Crippen molar-refractivity contribution in [3.05, 3.63) is 323 Å². The van der Waals surface area contributed by atoms with Crippen molar-refractivity contribution < 1.29 is 101 Å².